The molecule has 1 aliphatic heterocycles. The van der Waals surface area contributed by atoms with Gasteiger partial charge in [-0.25, -0.2) is 13.4 Å². The summed E-state index contributed by atoms with van der Waals surface area (Å²) in [6.45, 7) is 1.19. The van der Waals surface area contributed by atoms with E-state index in [2.05, 4.69) is 4.83 Å². The number of nitro benzene ring substituents is 1. The van der Waals surface area contributed by atoms with Crippen LogP contribution in [0.15, 0.2) is 23.1 Å². The number of benzene rings is 1. The summed E-state index contributed by atoms with van der Waals surface area (Å²) in [5, 5.41) is 12.5. The van der Waals surface area contributed by atoms with Crippen LogP contribution in [-0.4, -0.2) is 31.4 Å². The van der Waals surface area contributed by atoms with Crippen LogP contribution in [0.25, 0.3) is 0 Å². The summed E-state index contributed by atoms with van der Waals surface area (Å²) in [7, 11) is -4.00. The number of nitrogens with one attached hydrogen (secondary N) is 1. The molecule has 0 radical (unpaired) electrons. The van der Waals surface area contributed by atoms with Crippen LogP contribution < -0.4 is 10.6 Å². The fraction of sp³-hybridized carbons (Fsp3) is 0.455. The van der Waals surface area contributed by atoms with Crippen LogP contribution in [-0.2, 0) is 10.0 Å². The number of nitrogens with two attached hydrogens (primary N) is 1. The van der Waals surface area contributed by atoms with E-state index in [1.807, 2.05) is 0 Å². The molecule has 1 fully saturated rings. The first-order valence-corrected chi connectivity index (χ1v) is 7.70. The molecule has 0 bridgehead atoms. The van der Waals surface area contributed by atoms with Gasteiger partial charge in [-0.15, -0.1) is 4.83 Å². The van der Waals surface area contributed by atoms with E-state index in [4.69, 9.17) is 5.73 Å². The van der Waals surface area contributed by atoms with Crippen molar-refractivity contribution >= 4 is 21.4 Å². The van der Waals surface area contributed by atoms with Crippen LogP contribution in [0.2, 0.25) is 0 Å². The van der Waals surface area contributed by atoms with Crippen LogP contribution in [0.1, 0.15) is 19.3 Å². The zero-order valence-electron chi connectivity index (χ0n) is 10.8. The van der Waals surface area contributed by atoms with Gasteiger partial charge in [-0.3, -0.25) is 10.1 Å². The topological polar surface area (TPSA) is 119 Å². The first kappa shape index (κ1) is 14.7. The molecule has 0 unspecified atom stereocenters. The number of hydrogen-bond acceptors (Lipinski definition) is 6. The molecule has 1 saturated heterocycles. The number of nitrogen functional groups attached to an aromatic ring is 1. The Labute approximate surface area is 116 Å². The Morgan fingerprint density at radius 3 is 2.50 bits per heavy atom. The summed E-state index contributed by atoms with van der Waals surface area (Å²) in [5.41, 5.74) is 5.21. The number of rotatable bonds is 4. The lowest BCUT2D eigenvalue weighted by Gasteiger charge is -2.26. The van der Waals surface area contributed by atoms with Crippen molar-refractivity contribution in [3.8, 4) is 0 Å². The van der Waals surface area contributed by atoms with Crippen molar-refractivity contribution in [2.45, 2.75) is 24.2 Å². The van der Waals surface area contributed by atoms with Crippen molar-refractivity contribution < 1.29 is 13.3 Å². The minimum absolute atomic E-state index is 0.162. The van der Waals surface area contributed by atoms with Gasteiger partial charge in [0.05, 0.1) is 4.92 Å². The second-order valence-corrected chi connectivity index (χ2v) is 6.26. The third-order valence-corrected chi connectivity index (χ3v) is 4.48. The summed E-state index contributed by atoms with van der Waals surface area (Å²) in [5.74, 6) is 0. The molecule has 0 spiro atoms. The monoisotopic (exact) mass is 300 g/mol. The minimum Gasteiger partial charge on any atom is -0.399 e. The van der Waals surface area contributed by atoms with Crippen molar-refractivity contribution in [1.29, 1.82) is 0 Å². The van der Waals surface area contributed by atoms with Gasteiger partial charge < -0.3 is 5.73 Å². The van der Waals surface area contributed by atoms with Gasteiger partial charge in [0.15, 0.2) is 4.90 Å². The van der Waals surface area contributed by atoms with Crippen molar-refractivity contribution in [2.24, 2.45) is 0 Å². The van der Waals surface area contributed by atoms with Crippen molar-refractivity contribution in [3.63, 3.8) is 0 Å². The third-order valence-electron chi connectivity index (χ3n) is 3.08. The Hall–Kier alpha value is -1.71. The fourth-order valence-corrected chi connectivity index (χ4v) is 3.43. The number of nitrogens with zero attached hydrogens (tertiary/aromatic N) is 2. The van der Waals surface area contributed by atoms with E-state index in [1.54, 1.807) is 5.01 Å². The summed E-state index contributed by atoms with van der Waals surface area (Å²) in [6.07, 6.45) is 2.83. The second-order valence-electron chi connectivity index (χ2n) is 4.63. The molecule has 110 valence electrons. The number of piperidine rings is 1. The smallest absolute Gasteiger partial charge is 0.289 e. The lowest BCUT2D eigenvalue weighted by molar-refractivity contribution is -0.387. The zero-order valence-corrected chi connectivity index (χ0v) is 11.6. The van der Waals surface area contributed by atoms with Gasteiger partial charge in [-0.05, 0) is 25.0 Å². The predicted octanol–water partition coefficient (Wildman–Crippen LogP) is 0.856. The first-order chi connectivity index (χ1) is 9.40. The van der Waals surface area contributed by atoms with Crippen molar-refractivity contribution in [1.82, 2.24) is 9.84 Å². The molecular weight excluding hydrogens is 284 g/mol. The van der Waals surface area contributed by atoms with Crippen LogP contribution in [0.3, 0.4) is 0 Å². The molecule has 20 heavy (non-hydrogen) atoms. The maximum absolute atomic E-state index is 12.3. The number of hydrazine groups is 1. The van der Waals surface area contributed by atoms with Gasteiger partial charge in [0.2, 0.25) is 0 Å². The van der Waals surface area contributed by atoms with E-state index in [-0.39, 0.29) is 5.69 Å². The van der Waals surface area contributed by atoms with E-state index >= 15 is 0 Å². The van der Waals surface area contributed by atoms with Gasteiger partial charge >= 0.3 is 0 Å². The highest BCUT2D eigenvalue weighted by atomic mass is 32.2. The molecule has 8 nitrogen and oxygen atoms in total. The Bertz CT molecular complexity index is 611. The highest BCUT2D eigenvalue weighted by Crippen LogP contribution is 2.26. The minimum atomic E-state index is -4.00. The molecular formula is C11H16N4O4S. The Morgan fingerprint density at radius 1 is 1.25 bits per heavy atom. The van der Waals surface area contributed by atoms with Gasteiger partial charge in [0.1, 0.15) is 0 Å². The van der Waals surface area contributed by atoms with Crippen molar-refractivity contribution in [3.05, 3.63) is 28.3 Å². The Kier molecular flexibility index (Phi) is 4.21. The Morgan fingerprint density at radius 2 is 1.90 bits per heavy atom. The van der Waals surface area contributed by atoms with Gasteiger partial charge in [-0.1, -0.05) is 6.42 Å². The zero-order chi connectivity index (χ0) is 14.8. The highest BCUT2D eigenvalue weighted by molar-refractivity contribution is 7.89. The van der Waals surface area contributed by atoms with E-state index < -0.39 is 25.5 Å². The number of sulfonamides is 1. The standard InChI is InChI=1S/C11H16N4O4S/c12-9-4-5-10(15(16)17)11(8-9)20(18,19)13-14-6-2-1-3-7-14/h4-5,8,13H,1-3,6-7,12H2. The predicted molar refractivity (Wildman–Crippen MR) is 73.3 cm³/mol. The van der Waals surface area contributed by atoms with Crippen LogP contribution in [0.5, 0.6) is 0 Å². The molecule has 3 N–H and O–H groups in total. The molecule has 1 aromatic carbocycles. The average molecular weight is 300 g/mol. The van der Waals surface area contributed by atoms with E-state index in [1.165, 1.54) is 6.07 Å². The normalized spacial score (nSPS) is 17.0. The Balaban J connectivity index is 2.32. The van der Waals surface area contributed by atoms with Crippen LogP contribution >= 0.6 is 0 Å². The molecule has 0 aliphatic carbocycles. The molecule has 1 aliphatic rings. The van der Waals surface area contributed by atoms with E-state index in [9.17, 15) is 18.5 Å². The van der Waals surface area contributed by atoms with E-state index in [0.717, 1.165) is 31.4 Å². The third kappa shape index (κ3) is 3.24. The number of anilines is 1. The molecule has 0 atom stereocenters. The average Bonchev–Trinajstić information content (AvgIpc) is 2.39. The highest BCUT2D eigenvalue weighted by Gasteiger charge is 2.28. The molecule has 0 amide bonds. The maximum Gasteiger partial charge on any atom is 0.289 e. The summed E-state index contributed by atoms with van der Waals surface area (Å²) < 4.78 is 24.5. The summed E-state index contributed by atoms with van der Waals surface area (Å²) in [6, 6.07) is 3.50. The molecule has 9 heteroatoms. The lowest BCUT2D eigenvalue weighted by atomic mass is 10.2. The van der Waals surface area contributed by atoms with Crippen molar-refractivity contribution in [2.75, 3.05) is 18.8 Å². The molecule has 0 aromatic heterocycles. The molecule has 1 aromatic rings. The van der Waals surface area contributed by atoms with Crippen LogP contribution in [0, 0.1) is 10.1 Å². The molecule has 1 heterocycles. The van der Waals surface area contributed by atoms with Gasteiger partial charge in [0.25, 0.3) is 15.7 Å². The molecule has 0 saturated carbocycles. The summed E-state index contributed by atoms with van der Waals surface area (Å²) in [4.78, 5) is 12.2. The van der Waals surface area contributed by atoms with Crippen LogP contribution in [0.4, 0.5) is 11.4 Å². The number of hydrogen-bond donors (Lipinski definition) is 2. The lowest BCUT2D eigenvalue weighted by Crippen LogP contribution is -2.45. The quantitative estimate of drug-likeness (QED) is 0.483. The second kappa shape index (κ2) is 5.73. The SMILES string of the molecule is Nc1ccc([N+](=O)[O-])c(S(=O)(=O)NN2CCCCC2)c1. The maximum atomic E-state index is 12.3. The first-order valence-electron chi connectivity index (χ1n) is 6.21. The molecule has 2 rings (SSSR count). The van der Waals surface area contributed by atoms with Gasteiger partial charge in [-0.2, -0.15) is 0 Å². The fourth-order valence-electron chi connectivity index (χ4n) is 2.10. The summed E-state index contributed by atoms with van der Waals surface area (Å²) >= 11 is 0. The number of nitro groups is 1. The van der Waals surface area contributed by atoms with Gasteiger partial charge in [0, 0.05) is 24.8 Å². The largest absolute Gasteiger partial charge is 0.399 e. The van der Waals surface area contributed by atoms with E-state index in [0.29, 0.717) is 13.1 Å².